The van der Waals surface area contributed by atoms with Crippen LogP contribution in [0.1, 0.15) is 20.3 Å². The van der Waals surface area contributed by atoms with Crippen molar-refractivity contribution in [2.45, 2.75) is 25.2 Å². The van der Waals surface area contributed by atoms with Crippen molar-refractivity contribution < 1.29 is 13.2 Å². The smallest absolute Gasteiger partial charge is 0.227 e. The fourth-order valence-corrected chi connectivity index (χ4v) is 2.68. The van der Waals surface area contributed by atoms with Gasteiger partial charge in [-0.3, -0.25) is 4.79 Å². The molecule has 0 aromatic heterocycles. The molecule has 0 spiro atoms. The second-order valence-corrected chi connectivity index (χ2v) is 6.61. The van der Waals surface area contributed by atoms with E-state index in [1.807, 2.05) is 0 Å². The minimum absolute atomic E-state index is 0.00175. The molecule has 5 nitrogen and oxygen atoms in total. The van der Waals surface area contributed by atoms with Crippen LogP contribution in [0.25, 0.3) is 0 Å². The van der Waals surface area contributed by atoms with E-state index < -0.39 is 9.84 Å². The molecule has 0 bridgehead atoms. The summed E-state index contributed by atoms with van der Waals surface area (Å²) in [7, 11) is -3.35. The van der Waals surface area contributed by atoms with Gasteiger partial charge < -0.3 is 11.1 Å². The Morgan fingerprint density at radius 2 is 2.00 bits per heavy atom. The third-order valence-corrected chi connectivity index (χ3v) is 4.69. The first kappa shape index (κ1) is 15.7. The van der Waals surface area contributed by atoms with Gasteiger partial charge >= 0.3 is 0 Å². The Labute approximate surface area is 114 Å². The average molecular weight is 284 g/mol. The van der Waals surface area contributed by atoms with E-state index in [9.17, 15) is 13.2 Å². The first-order valence-electron chi connectivity index (χ1n) is 6.25. The lowest BCUT2D eigenvalue weighted by molar-refractivity contribution is -0.119. The van der Waals surface area contributed by atoms with E-state index in [2.05, 4.69) is 5.32 Å². The van der Waals surface area contributed by atoms with E-state index in [-0.39, 0.29) is 22.5 Å². The summed E-state index contributed by atoms with van der Waals surface area (Å²) in [5, 5.41) is 2.66. The Kier molecular flexibility index (Phi) is 5.50. The summed E-state index contributed by atoms with van der Waals surface area (Å²) in [6.07, 6.45) is 0.564. The number of sulfone groups is 1. The van der Waals surface area contributed by atoms with Crippen LogP contribution in [0.4, 0.5) is 5.69 Å². The molecule has 19 heavy (non-hydrogen) atoms. The number of amides is 1. The molecule has 1 amide bonds. The van der Waals surface area contributed by atoms with E-state index in [1.54, 1.807) is 32.0 Å². The van der Waals surface area contributed by atoms with Crippen molar-refractivity contribution in [3.8, 4) is 0 Å². The lowest BCUT2D eigenvalue weighted by Gasteiger charge is -2.14. The zero-order chi connectivity index (χ0) is 14.5. The van der Waals surface area contributed by atoms with Gasteiger partial charge in [-0.15, -0.1) is 0 Å². The van der Waals surface area contributed by atoms with Gasteiger partial charge in [-0.25, -0.2) is 8.42 Å². The third-order valence-electron chi connectivity index (χ3n) is 2.91. The van der Waals surface area contributed by atoms with Crippen LogP contribution >= 0.6 is 0 Å². The van der Waals surface area contributed by atoms with E-state index >= 15 is 0 Å². The van der Waals surface area contributed by atoms with Crippen LogP contribution in [-0.4, -0.2) is 26.6 Å². The molecule has 0 saturated carbocycles. The second kappa shape index (κ2) is 6.68. The summed E-state index contributed by atoms with van der Waals surface area (Å²) in [6.45, 7) is 3.76. The van der Waals surface area contributed by atoms with Gasteiger partial charge in [-0.1, -0.05) is 26.0 Å². The largest absolute Gasteiger partial charge is 0.330 e. The molecule has 1 aromatic carbocycles. The van der Waals surface area contributed by atoms with Crippen LogP contribution in [0.5, 0.6) is 0 Å². The number of carbonyl (C=O) groups is 1. The quantitative estimate of drug-likeness (QED) is 0.826. The summed E-state index contributed by atoms with van der Waals surface area (Å²) >= 11 is 0. The van der Waals surface area contributed by atoms with Crippen molar-refractivity contribution >= 4 is 21.4 Å². The number of nitrogens with two attached hydrogens (primary N) is 1. The van der Waals surface area contributed by atoms with Crippen molar-refractivity contribution in [3.63, 3.8) is 0 Å². The number of hydrogen-bond acceptors (Lipinski definition) is 4. The number of rotatable bonds is 6. The van der Waals surface area contributed by atoms with Crippen LogP contribution in [0.3, 0.4) is 0 Å². The molecule has 1 aromatic rings. The van der Waals surface area contributed by atoms with E-state index in [4.69, 9.17) is 5.73 Å². The molecule has 6 heteroatoms. The monoisotopic (exact) mass is 284 g/mol. The van der Waals surface area contributed by atoms with Gasteiger partial charge in [-0.05, 0) is 25.1 Å². The van der Waals surface area contributed by atoms with Crippen molar-refractivity contribution in [1.29, 1.82) is 0 Å². The van der Waals surface area contributed by atoms with Gasteiger partial charge in [0.2, 0.25) is 5.91 Å². The number of hydrogen-bond donors (Lipinski definition) is 2. The van der Waals surface area contributed by atoms with Gasteiger partial charge in [0, 0.05) is 5.92 Å². The van der Waals surface area contributed by atoms with Crippen molar-refractivity contribution in [2.75, 3.05) is 17.6 Å². The summed E-state index contributed by atoms with van der Waals surface area (Å²) < 4.78 is 23.9. The van der Waals surface area contributed by atoms with Crippen molar-refractivity contribution in [3.05, 3.63) is 24.3 Å². The topological polar surface area (TPSA) is 89.3 Å². The second-order valence-electron chi connectivity index (χ2n) is 4.37. The molecule has 0 fully saturated rings. The highest BCUT2D eigenvalue weighted by molar-refractivity contribution is 7.91. The normalized spacial score (nSPS) is 13.0. The molecular weight excluding hydrogens is 264 g/mol. The molecule has 1 atom stereocenters. The van der Waals surface area contributed by atoms with E-state index in [0.717, 1.165) is 0 Å². The Balaban J connectivity index is 3.00. The summed E-state index contributed by atoms with van der Waals surface area (Å²) in [5.74, 6) is -0.468. The molecule has 0 heterocycles. The molecule has 0 saturated heterocycles. The number of benzene rings is 1. The predicted molar refractivity (Wildman–Crippen MR) is 75.6 cm³/mol. The highest BCUT2D eigenvalue weighted by Gasteiger charge is 2.19. The number of carbonyl (C=O) groups excluding carboxylic acids is 1. The molecule has 1 unspecified atom stereocenters. The van der Waals surface area contributed by atoms with Gasteiger partial charge in [0.15, 0.2) is 9.84 Å². The summed E-state index contributed by atoms with van der Waals surface area (Å²) in [5.41, 5.74) is 5.74. The van der Waals surface area contributed by atoms with Crippen LogP contribution < -0.4 is 11.1 Å². The van der Waals surface area contributed by atoms with Gasteiger partial charge in [0.05, 0.1) is 16.3 Å². The minimum Gasteiger partial charge on any atom is -0.330 e. The Hall–Kier alpha value is -1.40. The number of anilines is 1. The standard InChI is InChI=1S/C13H20N2O3S/c1-3-19(17,18)12-7-5-4-6-11(12)15-13(16)10(2)8-9-14/h4-7,10H,3,8-9,14H2,1-2H3,(H,15,16). The highest BCUT2D eigenvalue weighted by Crippen LogP contribution is 2.22. The molecule has 106 valence electrons. The zero-order valence-electron chi connectivity index (χ0n) is 11.2. The van der Waals surface area contributed by atoms with Crippen molar-refractivity contribution in [1.82, 2.24) is 0 Å². The van der Waals surface area contributed by atoms with Crippen LogP contribution in [0, 0.1) is 5.92 Å². The van der Waals surface area contributed by atoms with Crippen LogP contribution in [-0.2, 0) is 14.6 Å². The Morgan fingerprint density at radius 1 is 1.37 bits per heavy atom. The van der Waals surface area contributed by atoms with Gasteiger partial charge in [-0.2, -0.15) is 0 Å². The molecule has 0 aliphatic carbocycles. The SMILES string of the molecule is CCS(=O)(=O)c1ccccc1NC(=O)C(C)CCN. The van der Waals surface area contributed by atoms with Crippen LogP contribution in [0.15, 0.2) is 29.2 Å². The van der Waals surface area contributed by atoms with Gasteiger partial charge in [0.25, 0.3) is 0 Å². The number of nitrogens with one attached hydrogen (secondary N) is 1. The molecule has 0 aliphatic rings. The molecular formula is C13H20N2O3S. The summed E-state index contributed by atoms with van der Waals surface area (Å²) in [6, 6.07) is 6.43. The Bertz CT molecular complexity index is 541. The molecule has 0 aliphatic heterocycles. The first-order valence-corrected chi connectivity index (χ1v) is 7.90. The van der Waals surface area contributed by atoms with Gasteiger partial charge in [0.1, 0.15) is 0 Å². The van der Waals surface area contributed by atoms with Crippen LogP contribution in [0.2, 0.25) is 0 Å². The maximum Gasteiger partial charge on any atom is 0.227 e. The predicted octanol–water partition coefficient (Wildman–Crippen LogP) is 1.40. The fourth-order valence-electron chi connectivity index (χ4n) is 1.63. The lowest BCUT2D eigenvalue weighted by atomic mass is 10.1. The fraction of sp³-hybridized carbons (Fsp3) is 0.462. The maximum atomic E-state index is 11.9. The highest BCUT2D eigenvalue weighted by atomic mass is 32.2. The number of para-hydroxylation sites is 1. The van der Waals surface area contributed by atoms with Crippen molar-refractivity contribution in [2.24, 2.45) is 11.7 Å². The Morgan fingerprint density at radius 3 is 2.58 bits per heavy atom. The maximum absolute atomic E-state index is 11.9. The first-order chi connectivity index (χ1) is 8.92. The minimum atomic E-state index is -3.35. The lowest BCUT2D eigenvalue weighted by Crippen LogP contribution is -2.23. The zero-order valence-corrected chi connectivity index (χ0v) is 12.0. The van der Waals surface area contributed by atoms with E-state index in [0.29, 0.717) is 18.7 Å². The average Bonchev–Trinajstić information content (AvgIpc) is 2.39. The molecule has 3 N–H and O–H groups in total. The molecule has 0 radical (unpaired) electrons. The van der Waals surface area contributed by atoms with E-state index in [1.165, 1.54) is 6.07 Å². The molecule has 1 rings (SSSR count). The third kappa shape index (κ3) is 4.04. The summed E-state index contributed by atoms with van der Waals surface area (Å²) in [4.78, 5) is 12.1.